The zero-order valence-electron chi connectivity index (χ0n) is 35.4. The van der Waals surface area contributed by atoms with Crippen LogP contribution in [0.5, 0.6) is 0 Å². The van der Waals surface area contributed by atoms with Crippen molar-refractivity contribution < 1.29 is 37.3 Å². The molecule has 0 radical (unpaired) electrons. The Labute approximate surface area is 332 Å². The zero-order chi connectivity index (χ0) is 39.9. The molecule has 0 amide bonds. The number of phosphoric acid groups is 1. The molecule has 0 heterocycles. The van der Waals surface area contributed by atoms with E-state index in [9.17, 15) is 14.3 Å². The molecule has 0 aliphatic heterocycles. The minimum Gasteiger partial charge on any atom is -0.457 e. The molecule has 0 aliphatic carbocycles. The van der Waals surface area contributed by atoms with Crippen molar-refractivity contribution in [2.24, 2.45) is 0 Å². The molecular weight excluding hydrogens is 697 g/mol. The average molecular weight is 781 g/mol. The summed E-state index contributed by atoms with van der Waals surface area (Å²) in [5.74, 6) is -0.330. The fourth-order valence-electron chi connectivity index (χ4n) is 5.49. The van der Waals surface area contributed by atoms with Crippen LogP contribution in [0.2, 0.25) is 0 Å². The number of hydrogen-bond donors (Lipinski definition) is 1. The van der Waals surface area contributed by atoms with Gasteiger partial charge in [0.2, 0.25) is 0 Å². The number of carbonyl (C=O) groups is 1. The lowest BCUT2D eigenvalue weighted by atomic mass is 10.1. The Bertz CT molecular complexity index is 1050. The van der Waals surface area contributed by atoms with Gasteiger partial charge in [0.25, 0.3) is 0 Å². The SMILES string of the molecule is CC/C=C\C/C=C\C/C=C\C/C=C\CCCCCCCCCCCOCC(COP(=O)(O)OCC[N+](C)(C)C)OC(=O)CCCCCCC/C=C\CCC. The number of nitrogens with zero attached hydrogens (tertiary/aromatic N) is 1. The number of likely N-dealkylation sites (N-methyl/N-ethyl adjacent to an activating group) is 1. The molecule has 8 nitrogen and oxygen atoms in total. The summed E-state index contributed by atoms with van der Waals surface area (Å²) in [5.41, 5.74) is 0. The van der Waals surface area contributed by atoms with Gasteiger partial charge in [-0.15, -0.1) is 0 Å². The first-order valence-corrected chi connectivity index (χ1v) is 23.0. The summed E-state index contributed by atoms with van der Waals surface area (Å²) >= 11 is 0. The molecule has 0 bridgehead atoms. The fourth-order valence-corrected chi connectivity index (χ4v) is 6.23. The van der Waals surface area contributed by atoms with Crippen LogP contribution in [0.15, 0.2) is 60.8 Å². The van der Waals surface area contributed by atoms with Crippen molar-refractivity contribution in [3.05, 3.63) is 60.8 Å². The van der Waals surface area contributed by atoms with E-state index in [1.165, 1.54) is 64.2 Å². The summed E-state index contributed by atoms with van der Waals surface area (Å²) in [7, 11) is 1.65. The second kappa shape index (κ2) is 38.1. The van der Waals surface area contributed by atoms with E-state index >= 15 is 0 Å². The van der Waals surface area contributed by atoms with E-state index in [0.29, 0.717) is 24.1 Å². The van der Waals surface area contributed by atoms with Crippen LogP contribution in [0.3, 0.4) is 0 Å². The van der Waals surface area contributed by atoms with Gasteiger partial charge in [-0.25, -0.2) is 4.57 Å². The van der Waals surface area contributed by atoms with Crippen LogP contribution in [0.4, 0.5) is 0 Å². The standard InChI is InChI=1S/C45H82NO7P/c1-6-8-10-12-14-16-18-19-20-21-22-23-24-25-26-27-28-29-31-33-35-37-40-50-42-44(43-52-54(48,49)51-41-39-46(3,4)5)53-45(47)38-36-34-32-30-17-15-13-11-9-7-2/h8,10-11,13-14,16,19-20,22-23,44H,6-7,9,12,15,17-18,21,24-43H2,1-5H3/p+1/b10-8-,13-11-,16-14-,20-19-,23-22-. The van der Waals surface area contributed by atoms with Crippen molar-refractivity contribution in [3.8, 4) is 0 Å². The van der Waals surface area contributed by atoms with E-state index in [0.717, 1.165) is 77.0 Å². The first kappa shape index (κ1) is 52.2. The number of unbranched alkanes of at least 4 members (excludes halogenated alkanes) is 15. The fraction of sp³-hybridized carbons (Fsp3) is 0.756. The molecule has 54 heavy (non-hydrogen) atoms. The highest BCUT2D eigenvalue weighted by molar-refractivity contribution is 7.47. The van der Waals surface area contributed by atoms with Crippen LogP contribution in [0.1, 0.15) is 162 Å². The molecule has 9 heteroatoms. The molecule has 314 valence electrons. The summed E-state index contributed by atoms with van der Waals surface area (Å²) < 4.78 is 34.9. The third kappa shape index (κ3) is 41.4. The largest absolute Gasteiger partial charge is 0.472 e. The second-order valence-electron chi connectivity index (χ2n) is 15.3. The number of carbonyl (C=O) groups excluding carboxylic acids is 1. The number of ether oxygens (including phenoxy) is 2. The van der Waals surface area contributed by atoms with E-state index in [-0.39, 0.29) is 25.8 Å². The summed E-state index contributed by atoms with van der Waals surface area (Å²) in [4.78, 5) is 22.8. The topological polar surface area (TPSA) is 91.3 Å². The summed E-state index contributed by atoms with van der Waals surface area (Å²) in [6.45, 7) is 5.41. The van der Waals surface area contributed by atoms with Crippen LogP contribution in [0.25, 0.3) is 0 Å². The molecule has 0 fully saturated rings. The molecule has 1 N–H and O–H groups in total. The summed E-state index contributed by atoms with van der Waals surface area (Å²) in [6, 6.07) is 0. The minimum absolute atomic E-state index is 0.0833. The third-order valence-corrected chi connectivity index (χ3v) is 9.78. The van der Waals surface area contributed by atoms with Gasteiger partial charge < -0.3 is 18.9 Å². The second-order valence-corrected chi connectivity index (χ2v) is 16.8. The predicted molar refractivity (Wildman–Crippen MR) is 229 cm³/mol. The molecule has 0 saturated carbocycles. The quantitative estimate of drug-likeness (QED) is 0.0218. The van der Waals surface area contributed by atoms with Crippen molar-refractivity contribution in [3.63, 3.8) is 0 Å². The Balaban J connectivity index is 4.16. The number of esters is 1. The molecule has 0 aromatic carbocycles. The molecule has 0 aromatic rings. The Morgan fingerprint density at radius 3 is 1.63 bits per heavy atom. The van der Waals surface area contributed by atoms with Crippen LogP contribution in [0, 0.1) is 0 Å². The monoisotopic (exact) mass is 781 g/mol. The first-order valence-electron chi connectivity index (χ1n) is 21.5. The van der Waals surface area contributed by atoms with Gasteiger partial charge in [-0.2, -0.15) is 0 Å². The number of quaternary nitrogens is 1. The molecule has 2 atom stereocenters. The van der Waals surface area contributed by atoms with Crippen LogP contribution in [-0.4, -0.2) is 75.6 Å². The van der Waals surface area contributed by atoms with E-state index in [1.54, 1.807) is 0 Å². The first-order chi connectivity index (χ1) is 26.1. The number of allylic oxidation sites excluding steroid dienone is 10. The minimum atomic E-state index is -4.28. The lowest BCUT2D eigenvalue weighted by molar-refractivity contribution is -0.870. The Hall–Kier alpha value is -1.80. The van der Waals surface area contributed by atoms with Gasteiger partial charge in [-0.05, 0) is 70.6 Å². The Kier molecular flexibility index (Phi) is 36.8. The predicted octanol–water partition coefficient (Wildman–Crippen LogP) is 12.5. The smallest absolute Gasteiger partial charge is 0.457 e. The van der Waals surface area contributed by atoms with E-state index < -0.39 is 13.9 Å². The number of phosphoric ester groups is 1. The van der Waals surface area contributed by atoms with Gasteiger partial charge in [0, 0.05) is 13.0 Å². The molecule has 0 saturated heterocycles. The summed E-state index contributed by atoms with van der Waals surface area (Å²) in [5, 5.41) is 0. The zero-order valence-corrected chi connectivity index (χ0v) is 36.3. The van der Waals surface area contributed by atoms with Gasteiger partial charge in [0.05, 0.1) is 34.4 Å². The van der Waals surface area contributed by atoms with Gasteiger partial charge in [0.15, 0.2) is 0 Å². The van der Waals surface area contributed by atoms with Gasteiger partial charge >= 0.3 is 13.8 Å². The summed E-state index contributed by atoms with van der Waals surface area (Å²) in [6.07, 6.45) is 46.9. The van der Waals surface area contributed by atoms with Crippen molar-refractivity contribution in [1.29, 1.82) is 0 Å². The Morgan fingerprint density at radius 2 is 1.07 bits per heavy atom. The third-order valence-electron chi connectivity index (χ3n) is 8.79. The highest BCUT2D eigenvalue weighted by Crippen LogP contribution is 2.43. The maximum absolute atomic E-state index is 12.6. The highest BCUT2D eigenvalue weighted by Gasteiger charge is 2.26. The van der Waals surface area contributed by atoms with Crippen molar-refractivity contribution in [2.75, 3.05) is 54.1 Å². The normalized spacial score (nSPS) is 14.4. The van der Waals surface area contributed by atoms with Gasteiger partial charge in [-0.1, -0.05) is 145 Å². The molecule has 0 aliphatic rings. The lowest BCUT2D eigenvalue weighted by Crippen LogP contribution is -2.37. The number of rotatable bonds is 39. The lowest BCUT2D eigenvalue weighted by Gasteiger charge is -2.24. The van der Waals surface area contributed by atoms with Gasteiger partial charge in [0.1, 0.15) is 19.3 Å². The van der Waals surface area contributed by atoms with E-state index in [1.807, 2.05) is 21.1 Å². The van der Waals surface area contributed by atoms with Crippen LogP contribution < -0.4 is 0 Å². The highest BCUT2D eigenvalue weighted by atomic mass is 31.2. The maximum atomic E-state index is 12.6. The molecule has 2 unspecified atom stereocenters. The van der Waals surface area contributed by atoms with Crippen molar-refractivity contribution in [1.82, 2.24) is 0 Å². The van der Waals surface area contributed by atoms with Gasteiger partial charge in [-0.3, -0.25) is 13.8 Å². The van der Waals surface area contributed by atoms with Crippen molar-refractivity contribution >= 4 is 13.8 Å². The van der Waals surface area contributed by atoms with Crippen molar-refractivity contribution in [2.45, 2.75) is 168 Å². The molecular formula is C45H83NO7P+. The van der Waals surface area contributed by atoms with Crippen LogP contribution in [-0.2, 0) is 27.9 Å². The maximum Gasteiger partial charge on any atom is 0.472 e. The van der Waals surface area contributed by atoms with E-state index in [4.69, 9.17) is 18.5 Å². The van der Waals surface area contributed by atoms with E-state index in [2.05, 4.69) is 74.6 Å². The molecule has 0 rings (SSSR count). The van der Waals surface area contributed by atoms with Crippen LogP contribution >= 0.6 is 7.82 Å². The average Bonchev–Trinajstić information content (AvgIpc) is 3.12. The Morgan fingerprint density at radius 1 is 0.593 bits per heavy atom. The molecule has 0 spiro atoms. The number of hydrogen-bond acceptors (Lipinski definition) is 6. The molecule has 0 aromatic heterocycles.